The van der Waals surface area contributed by atoms with E-state index in [0.29, 0.717) is 10.9 Å². The van der Waals surface area contributed by atoms with Crippen molar-refractivity contribution in [2.75, 3.05) is 31.2 Å². The van der Waals surface area contributed by atoms with Crippen molar-refractivity contribution in [2.24, 2.45) is 0 Å². The van der Waals surface area contributed by atoms with Gasteiger partial charge < -0.3 is 5.32 Å². The van der Waals surface area contributed by atoms with Crippen LogP contribution in [0, 0.1) is 12.3 Å². The molecule has 0 aromatic heterocycles. The quantitative estimate of drug-likeness (QED) is 0.857. The van der Waals surface area contributed by atoms with Crippen molar-refractivity contribution in [2.45, 2.75) is 23.8 Å². The first kappa shape index (κ1) is 14.9. The third kappa shape index (κ3) is 3.99. The molecule has 1 fully saturated rings. The fourth-order valence-corrected chi connectivity index (χ4v) is 3.03. The van der Waals surface area contributed by atoms with Gasteiger partial charge in [-0.3, -0.25) is 4.90 Å². The van der Waals surface area contributed by atoms with Gasteiger partial charge in [0.1, 0.15) is 0 Å². The Labute approximate surface area is 121 Å². The van der Waals surface area contributed by atoms with Crippen molar-refractivity contribution in [3.8, 4) is 12.3 Å². The van der Waals surface area contributed by atoms with Gasteiger partial charge >= 0.3 is 0 Å². The fourth-order valence-electron chi connectivity index (χ4n) is 2.40. The minimum atomic E-state index is -3.12. The van der Waals surface area contributed by atoms with Crippen LogP contribution in [-0.4, -0.2) is 45.2 Å². The van der Waals surface area contributed by atoms with Gasteiger partial charge in [-0.1, -0.05) is 5.92 Å². The molecule has 0 saturated carbocycles. The lowest BCUT2D eigenvalue weighted by Gasteiger charge is -2.31. The first-order valence-corrected chi connectivity index (χ1v) is 8.60. The van der Waals surface area contributed by atoms with Crippen LogP contribution >= 0.6 is 0 Å². The van der Waals surface area contributed by atoms with Crippen LogP contribution in [0.2, 0.25) is 0 Å². The van der Waals surface area contributed by atoms with E-state index >= 15 is 0 Å². The van der Waals surface area contributed by atoms with Gasteiger partial charge in [-0.2, -0.15) is 0 Å². The zero-order valence-corrected chi connectivity index (χ0v) is 12.5. The molecular weight excluding hydrogens is 272 g/mol. The van der Waals surface area contributed by atoms with Crippen molar-refractivity contribution in [1.29, 1.82) is 0 Å². The van der Waals surface area contributed by atoms with Crippen LogP contribution in [-0.2, 0) is 9.84 Å². The second-order valence-corrected chi connectivity index (χ2v) is 7.21. The van der Waals surface area contributed by atoms with Crippen molar-refractivity contribution in [3.63, 3.8) is 0 Å². The molecule has 1 aliphatic rings. The van der Waals surface area contributed by atoms with E-state index in [1.54, 1.807) is 12.1 Å². The van der Waals surface area contributed by atoms with Crippen LogP contribution in [0.25, 0.3) is 0 Å². The zero-order chi connectivity index (χ0) is 14.6. The molecule has 1 aromatic carbocycles. The molecule has 108 valence electrons. The van der Waals surface area contributed by atoms with Crippen LogP contribution in [0.15, 0.2) is 29.2 Å². The van der Waals surface area contributed by atoms with E-state index in [-0.39, 0.29) is 0 Å². The van der Waals surface area contributed by atoms with Crippen LogP contribution in [0.1, 0.15) is 12.8 Å². The van der Waals surface area contributed by atoms with Gasteiger partial charge in [0, 0.05) is 31.1 Å². The maximum atomic E-state index is 11.4. The summed E-state index contributed by atoms with van der Waals surface area (Å²) in [6.07, 6.45) is 8.63. The molecule has 0 radical (unpaired) electrons. The van der Waals surface area contributed by atoms with Crippen molar-refractivity contribution in [3.05, 3.63) is 24.3 Å². The molecule has 0 bridgehead atoms. The highest BCUT2D eigenvalue weighted by Crippen LogP contribution is 2.18. The molecule has 0 unspecified atom stereocenters. The Morgan fingerprint density at radius 2 is 1.90 bits per heavy atom. The summed E-state index contributed by atoms with van der Waals surface area (Å²) in [5.74, 6) is 2.67. The Morgan fingerprint density at radius 1 is 1.30 bits per heavy atom. The second-order valence-electron chi connectivity index (χ2n) is 5.20. The molecular formula is C15H20N2O2S. The van der Waals surface area contributed by atoms with Gasteiger partial charge in [0.2, 0.25) is 0 Å². The van der Waals surface area contributed by atoms with Crippen molar-refractivity contribution < 1.29 is 8.42 Å². The molecule has 0 spiro atoms. The van der Waals surface area contributed by atoms with Gasteiger partial charge in [0.25, 0.3) is 0 Å². The maximum absolute atomic E-state index is 11.4. The van der Waals surface area contributed by atoms with Gasteiger partial charge in [-0.25, -0.2) is 8.42 Å². The summed E-state index contributed by atoms with van der Waals surface area (Å²) < 4.78 is 22.8. The largest absolute Gasteiger partial charge is 0.382 e. The van der Waals surface area contributed by atoms with E-state index in [2.05, 4.69) is 16.1 Å². The summed E-state index contributed by atoms with van der Waals surface area (Å²) in [6, 6.07) is 7.36. The van der Waals surface area contributed by atoms with Gasteiger partial charge in [0.15, 0.2) is 9.84 Å². The third-order valence-corrected chi connectivity index (χ3v) is 4.68. The number of benzene rings is 1. The van der Waals surface area contributed by atoms with Gasteiger partial charge in [0.05, 0.1) is 11.4 Å². The molecule has 1 aliphatic heterocycles. The first-order valence-electron chi connectivity index (χ1n) is 6.71. The van der Waals surface area contributed by atoms with Crippen LogP contribution in [0.5, 0.6) is 0 Å². The van der Waals surface area contributed by atoms with Gasteiger partial charge in [-0.05, 0) is 37.1 Å². The molecule has 5 heteroatoms. The molecule has 0 aliphatic carbocycles. The molecule has 1 heterocycles. The predicted octanol–water partition coefficient (Wildman–Crippen LogP) is 1.60. The van der Waals surface area contributed by atoms with Crippen molar-refractivity contribution in [1.82, 2.24) is 4.90 Å². The molecule has 20 heavy (non-hydrogen) atoms. The summed E-state index contributed by atoms with van der Waals surface area (Å²) >= 11 is 0. The summed E-state index contributed by atoms with van der Waals surface area (Å²) in [6.45, 7) is 2.72. The van der Waals surface area contributed by atoms with E-state index in [0.717, 1.165) is 38.2 Å². The van der Waals surface area contributed by atoms with Crippen LogP contribution < -0.4 is 5.32 Å². The summed E-state index contributed by atoms with van der Waals surface area (Å²) in [5, 5.41) is 3.45. The Morgan fingerprint density at radius 3 is 2.40 bits per heavy atom. The average molecular weight is 292 g/mol. The normalized spacial score (nSPS) is 17.6. The number of nitrogens with one attached hydrogen (secondary N) is 1. The molecule has 0 atom stereocenters. The lowest BCUT2D eigenvalue weighted by Crippen LogP contribution is -2.39. The van der Waals surface area contributed by atoms with Crippen molar-refractivity contribution >= 4 is 15.5 Å². The standard InChI is InChI=1S/C15H20N2O2S/c1-3-10-17-11-8-14(9-12-17)16-13-4-6-15(7-5-13)20(2,18)19/h1,4-7,14,16H,8-12H2,2H3. The summed E-state index contributed by atoms with van der Waals surface area (Å²) in [7, 11) is -3.12. The highest BCUT2D eigenvalue weighted by Gasteiger charge is 2.18. The lowest BCUT2D eigenvalue weighted by molar-refractivity contribution is 0.243. The number of sulfone groups is 1. The summed E-state index contributed by atoms with van der Waals surface area (Å²) in [4.78, 5) is 2.62. The number of hydrogen-bond donors (Lipinski definition) is 1. The number of anilines is 1. The number of hydrogen-bond acceptors (Lipinski definition) is 4. The number of nitrogens with zero attached hydrogens (tertiary/aromatic N) is 1. The number of rotatable bonds is 4. The molecule has 1 saturated heterocycles. The Balaban J connectivity index is 1.90. The Bertz CT molecular complexity index is 579. The molecule has 1 aromatic rings. The fraction of sp³-hybridized carbons (Fsp3) is 0.467. The second kappa shape index (κ2) is 6.29. The topological polar surface area (TPSA) is 49.4 Å². The predicted molar refractivity (Wildman–Crippen MR) is 81.5 cm³/mol. The van der Waals surface area contributed by atoms with Gasteiger partial charge in [-0.15, -0.1) is 6.42 Å². The minimum Gasteiger partial charge on any atom is -0.382 e. The van der Waals surface area contributed by atoms with E-state index in [1.165, 1.54) is 6.26 Å². The lowest BCUT2D eigenvalue weighted by atomic mass is 10.0. The number of piperidine rings is 1. The Kier molecular flexibility index (Phi) is 4.69. The minimum absolute atomic E-state index is 0.354. The van der Waals surface area contributed by atoms with E-state index < -0.39 is 9.84 Å². The third-order valence-electron chi connectivity index (χ3n) is 3.56. The average Bonchev–Trinajstić information content (AvgIpc) is 2.41. The highest BCUT2D eigenvalue weighted by atomic mass is 32.2. The Hall–Kier alpha value is -1.51. The number of likely N-dealkylation sites (tertiary alicyclic amines) is 1. The molecule has 0 amide bonds. The van der Waals surface area contributed by atoms with Crippen LogP contribution in [0.3, 0.4) is 0 Å². The number of terminal acetylenes is 1. The molecule has 4 nitrogen and oxygen atoms in total. The SMILES string of the molecule is C#CCN1CCC(Nc2ccc(S(C)(=O)=O)cc2)CC1. The summed E-state index contributed by atoms with van der Waals surface area (Å²) in [5.41, 5.74) is 0.966. The van der Waals surface area contributed by atoms with E-state index in [1.807, 2.05) is 12.1 Å². The highest BCUT2D eigenvalue weighted by molar-refractivity contribution is 7.90. The van der Waals surface area contributed by atoms with E-state index in [4.69, 9.17) is 6.42 Å². The monoisotopic (exact) mass is 292 g/mol. The zero-order valence-electron chi connectivity index (χ0n) is 11.7. The van der Waals surface area contributed by atoms with Crippen LogP contribution in [0.4, 0.5) is 5.69 Å². The molecule has 2 rings (SSSR count). The smallest absolute Gasteiger partial charge is 0.175 e. The first-order chi connectivity index (χ1) is 9.49. The van der Waals surface area contributed by atoms with E-state index in [9.17, 15) is 8.42 Å². The maximum Gasteiger partial charge on any atom is 0.175 e. The molecule has 1 N–H and O–H groups in total.